The standard InChI is InChI=1S/C20H24BrN3O2/c1-11(2)7-13(22)10-26-18-9-17-15(8-16(18)21)14-5-6-23-12(3)19(14)20(25)24(17)4/h5-6,8-9,11,13H,7,10,22H2,1-4H3. The zero-order valence-electron chi connectivity index (χ0n) is 15.5. The Labute approximate surface area is 161 Å². The highest BCUT2D eigenvalue weighted by Gasteiger charge is 2.15. The van der Waals surface area contributed by atoms with Gasteiger partial charge in [-0.3, -0.25) is 9.78 Å². The Morgan fingerprint density at radius 1 is 1.31 bits per heavy atom. The van der Waals surface area contributed by atoms with Gasteiger partial charge < -0.3 is 15.0 Å². The maximum atomic E-state index is 12.8. The van der Waals surface area contributed by atoms with Crippen LogP contribution in [0.1, 0.15) is 26.0 Å². The molecule has 6 heteroatoms. The van der Waals surface area contributed by atoms with E-state index in [9.17, 15) is 4.79 Å². The summed E-state index contributed by atoms with van der Waals surface area (Å²) in [5.41, 5.74) is 7.63. The third-order valence-corrected chi connectivity index (χ3v) is 5.21. The number of aryl methyl sites for hydroxylation is 2. The van der Waals surface area contributed by atoms with Crippen LogP contribution in [0.15, 0.2) is 33.7 Å². The van der Waals surface area contributed by atoms with Crippen molar-refractivity contribution in [3.8, 4) is 5.75 Å². The number of fused-ring (bicyclic) bond motifs is 3. The van der Waals surface area contributed by atoms with Crippen molar-refractivity contribution in [2.24, 2.45) is 18.7 Å². The molecule has 0 aliphatic rings. The number of ether oxygens (including phenoxy) is 1. The fourth-order valence-electron chi connectivity index (χ4n) is 3.35. The van der Waals surface area contributed by atoms with E-state index in [-0.39, 0.29) is 11.6 Å². The summed E-state index contributed by atoms with van der Waals surface area (Å²) in [6.45, 7) is 6.58. The van der Waals surface area contributed by atoms with Gasteiger partial charge in [-0.25, -0.2) is 0 Å². The first-order valence-corrected chi connectivity index (χ1v) is 9.54. The lowest BCUT2D eigenvalue weighted by Crippen LogP contribution is -2.29. The fraction of sp³-hybridized carbons (Fsp3) is 0.400. The van der Waals surface area contributed by atoms with Crippen LogP contribution in [0, 0.1) is 12.8 Å². The second kappa shape index (κ2) is 7.37. The Hall–Kier alpha value is -1.92. The van der Waals surface area contributed by atoms with Crippen molar-refractivity contribution < 1.29 is 4.74 Å². The first-order chi connectivity index (χ1) is 12.3. The maximum absolute atomic E-state index is 12.8. The average molecular weight is 418 g/mol. The topological polar surface area (TPSA) is 70.1 Å². The molecule has 0 saturated heterocycles. The Balaban J connectivity index is 2.10. The molecule has 2 N–H and O–H groups in total. The molecule has 0 saturated carbocycles. The normalized spacial score (nSPS) is 12.9. The molecule has 3 aromatic rings. The molecule has 0 amide bonds. The van der Waals surface area contributed by atoms with Gasteiger partial charge in [-0.1, -0.05) is 13.8 Å². The molecule has 0 spiro atoms. The zero-order chi connectivity index (χ0) is 19.0. The van der Waals surface area contributed by atoms with Crippen LogP contribution in [-0.2, 0) is 7.05 Å². The van der Waals surface area contributed by atoms with Crippen LogP contribution in [0.2, 0.25) is 0 Å². The third-order valence-electron chi connectivity index (χ3n) is 4.59. The summed E-state index contributed by atoms with van der Waals surface area (Å²) >= 11 is 3.60. The number of nitrogens with two attached hydrogens (primary N) is 1. The van der Waals surface area contributed by atoms with Gasteiger partial charge in [-0.05, 0) is 52.7 Å². The molecular formula is C20H24BrN3O2. The van der Waals surface area contributed by atoms with E-state index in [0.717, 1.165) is 32.9 Å². The molecule has 0 aliphatic carbocycles. The van der Waals surface area contributed by atoms with Crippen LogP contribution >= 0.6 is 15.9 Å². The smallest absolute Gasteiger partial charge is 0.260 e. The van der Waals surface area contributed by atoms with Gasteiger partial charge in [-0.15, -0.1) is 0 Å². The molecule has 0 bridgehead atoms. The fourth-order valence-corrected chi connectivity index (χ4v) is 3.81. The molecule has 2 heterocycles. The second-order valence-corrected chi connectivity index (χ2v) is 8.04. The minimum atomic E-state index is -0.0529. The predicted molar refractivity (Wildman–Crippen MR) is 110 cm³/mol. The highest BCUT2D eigenvalue weighted by atomic mass is 79.9. The lowest BCUT2D eigenvalue weighted by atomic mass is 10.1. The molecular weight excluding hydrogens is 394 g/mol. The van der Waals surface area contributed by atoms with Gasteiger partial charge in [0.05, 0.1) is 21.1 Å². The van der Waals surface area contributed by atoms with Crippen LogP contribution in [0.4, 0.5) is 0 Å². The number of rotatable bonds is 5. The van der Waals surface area contributed by atoms with E-state index < -0.39 is 0 Å². The number of aromatic nitrogens is 2. The molecule has 2 aromatic heterocycles. The van der Waals surface area contributed by atoms with Crippen LogP contribution in [0.5, 0.6) is 5.75 Å². The van der Waals surface area contributed by atoms with Crippen molar-refractivity contribution in [2.45, 2.75) is 33.2 Å². The number of pyridine rings is 2. The van der Waals surface area contributed by atoms with E-state index in [2.05, 4.69) is 34.8 Å². The van der Waals surface area contributed by atoms with E-state index in [0.29, 0.717) is 23.7 Å². The number of nitrogens with zero attached hydrogens (tertiary/aromatic N) is 2. The lowest BCUT2D eigenvalue weighted by Gasteiger charge is -2.17. The summed E-state index contributed by atoms with van der Waals surface area (Å²) < 4.78 is 8.43. The zero-order valence-corrected chi connectivity index (χ0v) is 17.1. The number of hydrogen-bond donors (Lipinski definition) is 1. The van der Waals surface area contributed by atoms with E-state index >= 15 is 0 Å². The van der Waals surface area contributed by atoms with Gasteiger partial charge in [0, 0.05) is 30.7 Å². The molecule has 0 aliphatic heterocycles. The molecule has 1 atom stereocenters. The Morgan fingerprint density at radius 2 is 2.04 bits per heavy atom. The van der Waals surface area contributed by atoms with Gasteiger partial charge >= 0.3 is 0 Å². The van der Waals surface area contributed by atoms with E-state index in [1.807, 2.05) is 25.1 Å². The van der Waals surface area contributed by atoms with Crippen LogP contribution in [0.25, 0.3) is 21.7 Å². The van der Waals surface area contributed by atoms with Crippen molar-refractivity contribution in [2.75, 3.05) is 6.61 Å². The number of benzene rings is 1. The van der Waals surface area contributed by atoms with Crippen molar-refractivity contribution in [3.05, 3.63) is 44.9 Å². The van der Waals surface area contributed by atoms with Crippen molar-refractivity contribution in [3.63, 3.8) is 0 Å². The second-order valence-electron chi connectivity index (χ2n) is 7.18. The van der Waals surface area contributed by atoms with Crippen molar-refractivity contribution >= 4 is 37.6 Å². The highest BCUT2D eigenvalue weighted by Crippen LogP contribution is 2.33. The van der Waals surface area contributed by atoms with Crippen LogP contribution in [0.3, 0.4) is 0 Å². The maximum Gasteiger partial charge on any atom is 0.260 e. The van der Waals surface area contributed by atoms with Crippen molar-refractivity contribution in [1.82, 2.24) is 9.55 Å². The summed E-state index contributed by atoms with van der Waals surface area (Å²) in [5, 5.41) is 2.54. The lowest BCUT2D eigenvalue weighted by molar-refractivity contribution is 0.270. The van der Waals surface area contributed by atoms with Crippen LogP contribution in [-0.4, -0.2) is 22.2 Å². The third kappa shape index (κ3) is 3.48. The first-order valence-electron chi connectivity index (χ1n) is 8.75. The molecule has 0 fully saturated rings. The van der Waals surface area contributed by atoms with Crippen LogP contribution < -0.4 is 16.0 Å². The summed E-state index contributed by atoms with van der Waals surface area (Å²) in [6.07, 6.45) is 2.64. The Bertz CT molecular complexity index is 1030. The van der Waals surface area contributed by atoms with E-state index in [1.54, 1.807) is 17.8 Å². The first kappa shape index (κ1) is 18.9. The van der Waals surface area contributed by atoms with Gasteiger partial charge in [0.1, 0.15) is 12.4 Å². The molecule has 1 unspecified atom stereocenters. The summed E-state index contributed by atoms with van der Waals surface area (Å²) in [7, 11) is 1.78. The molecule has 138 valence electrons. The summed E-state index contributed by atoms with van der Waals surface area (Å²) in [4.78, 5) is 17.1. The average Bonchev–Trinajstić information content (AvgIpc) is 2.57. The molecule has 0 radical (unpaired) electrons. The SMILES string of the molecule is Cc1nccc2c1c(=O)n(C)c1cc(OCC(N)CC(C)C)c(Br)cc21. The molecule has 26 heavy (non-hydrogen) atoms. The van der Waals surface area contributed by atoms with Gasteiger partial charge in [0.25, 0.3) is 5.56 Å². The Kier molecular flexibility index (Phi) is 5.34. The minimum absolute atomic E-state index is 0.0215. The monoisotopic (exact) mass is 417 g/mol. The van der Waals surface area contributed by atoms with E-state index in [1.165, 1.54) is 0 Å². The van der Waals surface area contributed by atoms with Crippen molar-refractivity contribution in [1.29, 1.82) is 0 Å². The summed E-state index contributed by atoms with van der Waals surface area (Å²) in [6, 6.07) is 5.77. The molecule has 1 aromatic carbocycles. The van der Waals surface area contributed by atoms with Gasteiger partial charge in [0.15, 0.2) is 0 Å². The largest absolute Gasteiger partial charge is 0.491 e. The van der Waals surface area contributed by atoms with Gasteiger partial charge in [-0.2, -0.15) is 0 Å². The van der Waals surface area contributed by atoms with Gasteiger partial charge in [0.2, 0.25) is 0 Å². The number of hydrogen-bond acceptors (Lipinski definition) is 4. The molecule has 3 rings (SSSR count). The quantitative estimate of drug-likeness (QED) is 0.638. The predicted octanol–water partition coefficient (Wildman–Crippen LogP) is 3.91. The van der Waals surface area contributed by atoms with E-state index in [4.69, 9.17) is 10.5 Å². The number of halogens is 1. The highest BCUT2D eigenvalue weighted by molar-refractivity contribution is 9.10. The Morgan fingerprint density at radius 3 is 2.73 bits per heavy atom. The molecule has 5 nitrogen and oxygen atoms in total. The summed E-state index contributed by atoms with van der Waals surface area (Å²) in [5.74, 6) is 1.22. The minimum Gasteiger partial charge on any atom is -0.491 e.